The Morgan fingerprint density at radius 2 is 2.12 bits per heavy atom. The highest BCUT2D eigenvalue weighted by Gasteiger charge is 2.36. The molecule has 2 rings (SSSR count). The Morgan fingerprint density at radius 3 is 2.71 bits per heavy atom. The topological polar surface area (TPSA) is 61.2 Å². The summed E-state index contributed by atoms with van der Waals surface area (Å²) >= 11 is 0. The molecule has 1 aromatic carbocycles. The van der Waals surface area contributed by atoms with E-state index in [0.29, 0.717) is 11.1 Å². The highest BCUT2D eigenvalue weighted by molar-refractivity contribution is 6.23. The van der Waals surface area contributed by atoms with Crippen LogP contribution in [0, 0.1) is 12.3 Å². The van der Waals surface area contributed by atoms with Crippen molar-refractivity contribution in [1.29, 1.82) is 5.41 Å². The van der Waals surface area contributed by atoms with Gasteiger partial charge in [-0.2, -0.15) is 0 Å². The molecular formula is C13H12N2O2. The molecule has 1 aliphatic heterocycles. The number of aryl methyl sites for hydroxylation is 1. The van der Waals surface area contributed by atoms with E-state index in [1.807, 2.05) is 0 Å². The summed E-state index contributed by atoms with van der Waals surface area (Å²) in [6, 6.07) is 5.19. The summed E-state index contributed by atoms with van der Waals surface area (Å²) in [5.41, 5.74) is 1.81. The van der Waals surface area contributed by atoms with Crippen LogP contribution in [-0.4, -0.2) is 29.0 Å². The lowest BCUT2D eigenvalue weighted by atomic mass is 10.0. The third-order valence-corrected chi connectivity index (χ3v) is 2.78. The molecule has 0 aliphatic carbocycles. The van der Waals surface area contributed by atoms with Crippen LogP contribution in [0.2, 0.25) is 0 Å². The number of nitrogens with one attached hydrogen (secondary N) is 1. The van der Waals surface area contributed by atoms with E-state index >= 15 is 0 Å². The first-order valence-corrected chi connectivity index (χ1v) is 5.22. The number of hydrogen-bond donors (Lipinski definition) is 1. The van der Waals surface area contributed by atoms with Gasteiger partial charge >= 0.3 is 0 Å². The first-order chi connectivity index (χ1) is 8.06. The van der Waals surface area contributed by atoms with E-state index in [4.69, 9.17) is 5.41 Å². The SMILES string of the molecule is C=CC(=N)CN1C(=O)c2cccc(C)c2C1=O. The molecule has 0 fully saturated rings. The minimum absolute atomic E-state index is 0.0186. The Bertz CT molecular complexity index is 546. The van der Waals surface area contributed by atoms with Gasteiger partial charge in [-0.1, -0.05) is 18.7 Å². The average Bonchev–Trinajstić information content (AvgIpc) is 2.55. The van der Waals surface area contributed by atoms with Gasteiger partial charge in [-0.3, -0.25) is 14.5 Å². The number of benzene rings is 1. The zero-order valence-corrected chi connectivity index (χ0v) is 9.49. The molecule has 0 atom stereocenters. The van der Waals surface area contributed by atoms with Crippen LogP contribution in [0.3, 0.4) is 0 Å². The molecule has 2 amide bonds. The van der Waals surface area contributed by atoms with Crippen molar-refractivity contribution in [3.05, 3.63) is 47.5 Å². The Balaban J connectivity index is 2.42. The summed E-state index contributed by atoms with van der Waals surface area (Å²) in [6.45, 7) is 5.23. The van der Waals surface area contributed by atoms with E-state index in [-0.39, 0.29) is 24.1 Å². The maximum atomic E-state index is 12.1. The van der Waals surface area contributed by atoms with Crippen molar-refractivity contribution in [2.24, 2.45) is 0 Å². The maximum Gasteiger partial charge on any atom is 0.262 e. The number of imide groups is 1. The van der Waals surface area contributed by atoms with Crippen LogP contribution < -0.4 is 0 Å². The highest BCUT2D eigenvalue weighted by atomic mass is 16.2. The van der Waals surface area contributed by atoms with E-state index in [1.54, 1.807) is 25.1 Å². The van der Waals surface area contributed by atoms with Crippen LogP contribution in [0.5, 0.6) is 0 Å². The van der Waals surface area contributed by atoms with Crippen LogP contribution in [0.15, 0.2) is 30.9 Å². The summed E-state index contributed by atoms with van der Waals surface area (Å²) in [6.07, 6.45) is 1.33. The lowest BCUT2D eigenvalue weighted by Gasteiger charge is -2.12. The quantitative estimate of drug-likeness (QED) is 0.633. The van der Waals surface area contributed by atoms with Gasteiger partial charge in [0.25, 0.3) is 11.8 Å². The second-order valence-corrected chi connectivity index (χ2v) is 3.92. The summed E-state index contributed by atoms with van der Waals surface area (Å²) in [5.74, 6) is -0.657. The van der Waals surface area contributed by atoms with Gasteiger partial charge < -0.3 is 5.41 Å². The number of nitrogens with zero attached hydrogens (tertiary/aromatic N) is 1. The minimum atomic E-state index is -0.333. The molecule has 0 spiro atoms. The predicted molar refractivity (Wildman–Crippen MR) is 64.5 cm³/mol. The van der Waals surface area contributed by atoms with Gasteiger partial charge in [-0.05, 0) is 24.6 Å². The van der Waals surface area contributed by atoms with Gasteiger partial charge in [-0.25, -0.2) is 0 Å². The Morgan fingerprint density at radius 1 is 1.41 bits per heavy atom. The Labute approximate surface area is 99.1 Å². The molecule has 1 heterocycles. The largest absolute Gasteiger partial charge is 0.303 e. The fourth-order valence-electron chi connectivity index (χ4n) is 1.88. The van der Waals surface area contributed by atoms with Crippen molar-refractivity contribution in [2.45, 2.75) is 6.92 Å². The molecular weight excluding hydrogens is 216 g/mol. The second kappa shape index (κ2) is 3.97. The number of amides is 2. The maximum absolute atomic E-state index is 12.1. The number of fused-ring (bicyclic) bond motifs is 1. The van der Waals surface area contributed by atoms with Crippen molar-refractivity contribution in [3.8, 4) is 0 Å². The normalized spacial score (nSPS) is 13.8. The summed E-state index contributed by atoms with van der Waals surface area (Å²) < 4.78 is 0. The molecule has 0 saturated carbocycles. The molecule has 1 aromatic rings. The zero-order valence-electron chi connectivity index (χ0n) is 9.49. The molecule has 0 radical (unpaired) electrons. The van der Waals surface area contributed by atoms with Crippen molar-refractivity contribution >= 4 is 17.5 Å². The standard InChI is InChI=1S/C13H12N2O2/c1-3-9(14)7-15-12(16)10-6-4-5-8(2)11(10)13(15)17/h3-6,14H,1,7H2,2H3. The van der Waals surface area contributed by atoms with Gasteiger partial charge in [0.15, 0.2) is 0 Å². The van der Waals surface area contributed by atoms with E-state index < -0.39 is 0 Å². The van der Waals surface area contributed by atoms with Crippen molar-refractivity contribution < 1.29 is 9.59 Å². The fraction of sp³-hybridized carbons (Fsp3) is 0.154. The van der Waals surface area contributed by atoms with E-state index in [9.17, 15) is 9.59 Å². The first kappa shape index (κ1) is 11.3. The van der Waals surface area contributed by atoms with E-state index in [2.05, 4.69) is 6.58 Å². The van der Waals surface area contributed by atoms with Crippen molar-refractivity contribution in [1.82, 2.24) is 4.90 Å². The molecule has 0 saturated heterocycles. The second-order valence-electron chi connectivity index (χ2n) is 3.92. The molecule has 0 bridgehead atoms. The smallest absolute Gasteiger partial charge is 0.262 e. The number of rotatable bonds is 3. The molecule has 17 heavy (non-hydrogen) atoms. The zero-order chi connectivity index (χ0) is 12.6. The number of carbonyl (C=O) groups is 2. The first-order valence-electron chi connectivity index (χ1n) is 5.22. The van der Waals surface area contributed by atoms with Gasteiger partial charge in [0.2, 0.25) is 0 Å². The van der Waals surface area contributed by atoms with Crippen LogP contribution in [-0.2, 0) is 0 Å². The monoisotopic (exact) mass is 228 g/mol. The third-order valence-electron chi connectivity index (χ3n) is 2.78. The molecule has 0 unspecified atom stereocenters. The van der Waals surface area contributed by atoms with Crippen molar-refractivity contribution in [3.63, 3.8) is 0 Å². The molecule has 1 N–H and O–H groups in total. The molecule has 0 aromatic heterocycles. The molecule has 4 heteroatoms. The minimum Gasteiger partial charge on any atom is -0.303 e. The van der Waals surface area contributed by atoms with E-state index in [0.717, 1.165) is 10.5 Å². The summed E-state index contributed by atoms with van der Waals surface area (Å²) in [4.78, 5) is 25.1. The van der Waals surface area contributed by atoms with Crippen LogP contribution >= 0.6 is 0 Å². The molecule has 4 nitrogen and oxygen atoms in total. The van der Waals surface area contributed by atoms with Gasteiger partial charge in [0.05, 0.1) is 23.4 Å². The van der Waals surface area contributed by atoms with Crippen molar-refractivity contribution in [2.75, 3.05) is 6.54 Å². The van der Waals surface area contributed by atoms with E-state index in [1.165, 1.54) is 6.08 Å². The van der Waals surface area contributed by atoms with Gasteiger partial charge in [0.1, 0.15) is 0 Å². The molecule has 86 valence electrons. The van der Waals surface area contributed by atoms with Gasteiger partial charge in [-0.15, -0.1) is 0 Å². The lowest BCUT2D eigenvalue weighted by Crippen LogP contribution is -2.34. The van der Waals surface area contributed by atoms with Crippen LogP contribution in [0.4, 0.5) is 0 Å². The number of hydrogen-bond acceptors (Lipinski definition) is 3. The molecule has 1 aliphatic rings. The van der Waals surface area contributed by atoms with Gasteiger partial charge in [0, 0.05) is 0 Å². The predicted octanol–water partition coefficient (Wildman–Crippen LogP) is 1.80. The summed E-state index contributed by atoms with van der Waals surface area (Å²) in [5, 5.41) is 7.48. The Kier molecular flexibility index (Phi) is 2.63. The van der Waals surface area contributed by atoms with Crippen LogP contribution in [0.25, 0.3) is 0 Å². The highest BCUT2D eigenvalue weighted by Crippen LogP contribution is 2.25. The summed E-state index contributed by atoms with van der Waals surface area (Å²) in [7, 11) is 0. The number of carbonyl (C=O) groups excluding carboxylic acids is 2. The lowest BCUT2D eigenvalue weighted by molar-refractivity contribution is 0.0677. The Hall–Kier alpha value is -2.23. The average molecular weight is 228 g/mol. The third kappa shape index (κ3) is 1.67. The fourth-order valence-corrected chi connectivity index (χ4v) is 1.88. The van der Waals surface area contributed by atoms with Crippen LogP contribution in [0.1, 0.15) is 26.3 Å².